The van der Waals surface area contributed by atoms with Crippen LogP contribution in [0.3, 0.4) is 0 Å². The van der Waals surface area contributed by atoms with E-state index in [1.54, 1.807) is 43.3 Å². The SMILES string of the molecule is CCC[C@@H]1C=C[C@H]2[C@H](C(=O)N(CCCO)[C@@H]2C(=O)Nc2ccc(OC)cc2)[C@@H]1C(=O)NC. The lowest BCUT2D eigenvalue weighted by Crippen LogP contribution is -2.45. The highest BCUT2D eigenvalue weighted by Gasteiger charge is 2.56. The van der Waals surface area contributed by atoms with Gasteiger partial charge < -0.3 is 25.4 Å². The molecule has 2 aliphatic rings. The van der Waals surface area contributed by atoms with Crippen molar-refractivity contribution in [3.63, 3.8) is 0 Å². The van der Waals surface area contributed by atoms with E-state index in [0.717, 1.165) is 12.8 Å². The van der Waals surface area contributed by atoms with E-state index in [0.29, 0.717) is 17.9 Å². The zero-order valence-corrected chi connectivity index (χ0v) is 18.9. The van der Waals surface area contributed by atoms with Crippen molar-refractivity contribution in [1.82, 2.24) is 10.2 Å². The molecule has 1 fully saturated rings. The molecule has 1 aliphatic heterocycles. The maximum Gasteiger partial charge on any atom is 0.247 e. The van der Waals surface area contributed by atoms with Gasteiger partial charge in [-0.25, -0.2) is 0 Å². The van der Waals surface area contributed by atoms with Crippen LogP contribution in [0, 0.1) is 23.7 Å². The van der Waals surface area contributed by atoms with Gasteiger partial charge >= 0.3 is 0 Å². The Bertz CT molecular complexity index is 854. The molecule has 3 rings (SSSR count). The summed E-state index contributed by atoms with van der Waals surface area (Å²) in [5.74, 6) is -1.56. The predicted octanol–water partition coefficient (Wildman–Crippen LogP) is 1.81. The second-order valence-corrected chi connectivity index (χ2v) is 8.35. The van der Waals surface area contributed by atoms with Gasteiger partial charge in [0.05, 0.1) is 18.9 Å². The minimum Gasteiger partial charge on any atom is -0.497 e. The second kappa shape index (κ2) is 10.6. The van der Waals surface area contributed by atoms with Crippen molar-refractivity contribution in [2.75, 3.05) is 32.6 Å². The molecule has 1 aromatic rings. The number of fused-ring (bicyclic) bond motifs is 1. The van der Waals surface area contributed by atoms with Crippen LogP contribution in [0.5, 0.6) is 5.75 Å². The normalized spacial score (nSPS) is 26.6. The van der Waals surface area contributed by atoms with Crippen LogP contribution in [-0.4, -0.2) is 61.1 Å². The number of anilines is 1. The van der Waals surface area contributed by atoms with Crippen LogP contribution in [0.2, 0.25) is 0 Å². The van der Waals surface area contributed by atoms with Crippen LogP contribution in [0.25, 0.3) is 0 Å². The first-order valence-electron chi connectivity index (χ1n) is 11.2. The van der Waals surface area contributed by atoms with E-state index in [2.05, 4.69) is 17.6 Å². The fourth-order valence-corrected chi connectivity index (χ4v) is 5.00. The molecule has 1 saturated heterocycles. The molecule has 3 amide bonds. The lowest BCUT2D eigenvalue weighted by Gasteiger charge is -2.34. The number of allylic oxidation sites excluding steroid dienone is 1. The summed E-state index contributed by atoms with van der Waals surface area (Å²) in [6.45, 7) is 2.23. The van der Waals surface area contributed by atoms with E-state index in [4.69, 9.17) is 4.74 Å². The fourth-order valence-electron chi connectivity index (χ4n) is 5.00. The number of ether oxygens (including phenoxy) is 1. The summed E-state index contributed by atoms with van der Waals surface area (Å²) in [4.78, 5) is 41.2. The van der Waals surface area contributed by atoms with Crippen LogP contribution < -0.4 is 15.4 Å². The molecule has 1 heterocycles. The summed E-state index contributed by atoms with van der Waals surface area (Å²) in [6.07, 6.45) is 6.00. The standard InChI is InChI=1S/C24H33N3O5/c1-4-6-15-7-12-18-20(19(15)22(29)25-2)24(31)27(13-5-14-28)21(18)23(30)26-16-8-10-17(32-3)11-9-16/h7-12,15,18-21,28H,4-6,13-14H2,1-3H3,(H,25,29)(H,26,30)/t15-,18+,19-,20+,21+/m1/s1. The minimum atomic E-state index is -0.743. The molecular formula is C24H33N3O5. The molecule has 0 spiro atoms. The van der Waals surface area contributed by atoms with Gasteiger partial charge in [0.15, 0.2) is 0 Å². The summed E-state index contributed by atoms with van der Waals surface area (Å²) in [7, 11) is 3.15. The number of hydrogen-bond donors (Lipinski definition) is 3. The van der Waals surface area contributed by atoms with Crippen LogP contribution >= 0.6 is 0 Å². The number of aliphatic hydroxyl groups is 1. The predicted molar refractivity (Wildman–Crippen MR) is 121 cm³/mol. The van der Waals surface area contributed by atoms with Crippen molar-refractivity contribution in [3.05, 3.63) is 36.4 Å². The molecule has 8 nitrogen and oxygen atoms in total. The third-order valence-electron chi connectivity index (χ3n) is 6.47. The van der Waals surface area contributed by atoms with E-state index in [-0.39, 0.29) is 36.8 Å². The number of likely N-dealkylation sites (tertiary alicyclic amines) is 1. The van der Waals surface area contributed by atoms with Gasteiger partial charge in [0, 0.05) is 31.8 Å². The van der Waals surface area contributed by atoms with Crippen molar-refractivity contribution in [2.24, 2.45) is 23.7 Å². The lowest BCUT2D eigenvalue weighted by atomic mass is 9.68. The molecule has 0 radical (unpaired) electrons. The average molecular weight is 444 g/mol. The number of benzene rings is 1. The summed E-state index contributed by atoms with van der Waals surface area (Å²) in [5.41, 5.74) is 0.598. The summed E-state index contributed by atoms with van der Waals surface area (Å²) in [6, 6.07) is 6.24. The quantitative estimate of drug-likeness (QED) is 0.505. The maximum atomic E-state index is 13.5. The van der Waals surface area contributed by atoms with E-state index < -0.39 is 23.8 Å². The van der Waals surface area contributed by atoms with Gasteiger partial charge in [-0.15, -0.1) is 0 Å². The molecule has 5 atom stereocenters. The smallest absolute Gasteiger partial charge is 0.247 e. The summed E-state index contributed by atoms with van der Waals surface area (Å²) >= 11 is 0. The Morgan fingerprint density at radius 3 is 2.47 bits per heavy atom. The summed E-state index contributed by atoms with van der Waals surface area (Å²) < 4.78 is 5.16. The lowest BCUT2D eigenvalue weighted by molar-refractivity contribution is -0.140. The molecule has 8 heteroatoms. The third-order valence-corrected chi connectivity index (χ3v) is 6.47. The van der Waals surface area contributed by atoms with Gasteiger partial charge in [0.25, 0.3) is 0 Å². The molecule has 0 unspecified atom stereocenters. The van der Waals surface area contributed by atoms with E-state index >= 15 is 0 Å². The Morgan fingerprint density at radius 2 is 1.88 bits per heavy atom. The Kier molecular flexibility index (Phi) is 7.90. The highest BCUT2D eigenvalue weighted by Crippen LogP contribution is 2.45. The molecule has 0 saturated carbocycles. The Morgan fingerprint density at radius 1 is 1.16 bits per heavy atom. The summed E-state index contributed by atoms with van der Waals surface area (Å²) in [5, 5.41) is 15.0. The molecule has 174 valence electrons. The van der Waals surface area contributed by atoms with Crippen molar-refractivity contribution >= 4 is 23.4 Å². The zero-order chi connectivity index (χ0) is 23.3. The first kappa shape index (κ1) is 23.8. The molecule has 3 N–H and O–H groups in total. The number of carbonyl (C=O) groups excluding carboxylic acids is 3. The van der Waals surface area contributed by atoms with Gasteiger partial charge in [-0.3, -0.25) is 14.4 Å². The number of nitrogens with one attached hydrogen (secondary N) is 2. The van der Waals surface area contributed by atoms with E-state index in [1.165, 1.54) is 0 Å². The number of hydrogen-bond acceptors (Lipinski definition) is 5. The number of carbonyl (C=O) groups is 3. The molecule has 32 heavy (non-hydrogen) atoms. The first-order chi connectivity index (χ1) is 15.5. The molecule has 0 bridgehead atoms. The Hall–Kier alpha value is -2.87. The van der Waals surface area contributed by atoms with Crippen LogP contribution in [0.15, 0.2) is 36.4 Å². The fraction of sp³-hybridized carbons (Fsp3) is 0.542. The maximum absolute atomic E-state index is 13.5. The van der Waals surface area contributed by atoms with Crippen molar-refractivity contribution in [3.8, 4) is 5.75 Å². The van der Waals surface area contributed by atoms with Gasteiger partial charge in [-0.05, 0) is 43.0 Å². The van der Waals surface area contributed by atoms with Gasteiger partial charge in [0.2, 0.25) is 17.7 Å². The monoisotopic (exact) mass is 443 g/mol. The van der Waals surface area contributed by atoms with Crippen molar-refractivity contribution in [1.29, 1.82) is 0 Å². The number of aliphatic hydroxyl groups excluding tert-OH is 1. The van der Waals surface area contributed by atoms with Crippen LogP contribution in [-0.2, 0) is 14.4 Å². The first-order valence-corrected chi connectivity index (χ1v) is 11.2. The minimum absolute atomic E-state index is 0.0479. The van der Waals surface area contributed by atoms with Gasteiger partial charge in [0.1, 0.15) is 11.8 Å². The van der Waals surface area contributed by atoms with E-state index in [9.17, 15) is 19.5 Å². The van der Waals surface area contributed by atoms with Gasteiger partial charge in [-0.1, -0.05) is 25.5 Å². The molecule has 1 aliphatic carbocycles. The zero-order valence-electron chi connectivity index (χ0n) is 18.9. The topological polar surface area (TPSA) is 108 Å². The largest absolute Gasteiger partial charge is 0.497 e. The molecule has 1 aromatic carbocycles. The third kappa shape index (κ3) is 4.65. The molecule has 0 aromatic heterocycles. The number of rotatable bonds is 9. The molecular weight excluding hydrogens is 410 g/mol. The highest BCUT2D eigenvalue weighted by atomic mass is 16.5. The van der Waals surface area contributed by atoms with Crippen LogP contribution in [0.1, 0.15) is 26.2 Å². The number of methoxy groups -OCH3 is 1. The Balaban J connectivity index is 1.93. The van der Waals surface area contributed by atoms with Gasteiger partial charge in [-0.2, -0.15) is 0 Å². The van der Waals surface area contributed by atoms with Crippen molar-refractivity contribution in [2.45, 2.75) is 32.2 Å². The number of amides is 3. The van der Waals surface area contributed by atoms with Crippen LogP contribution in [0.4, 0.5) is 5.69 Å². The average Bonchev–Trinajstić information content (AvgIpc) is 3.09. The number of nitrogens with zero attached hydrogens (tertiary/aromatic N) is 1. The second-order valence-electron chi connectivity index (χ2n) is 8.35. The highest BCUT2D eigenvalue weighted by molar-refractivity contribution is 6.01. The van der Waals surface area contributed by atoms with Crippen molar-refractivity contribution < 1.29 is 24.2 Å². The Labute approximate surface area is 189 Å². The van der Waals surface area contributed by atoms with E-state index in [1.807, 2.05) is 12.2 Å².